The van der Waals surface area contributed by atoms with Gasteiger partial charge in [0.1, 0.15) is 5.75 Å². The van der Waals surface area contributed by atoms with Gasteiger partial charge in [-0.25, -0.2) is 4.98 Å². The molecule has 0 spiro atoms. The summed E-state index contributed by atoms with van der Waals surface area (Å²) in [5, 5.41) is 16.3. The molecule has 1 fully saturated rings. The highest BCUT2D eigenvalue weighted by Crippen LogP contribution is 2.42. The van der Waals surface area contributed by atoms with Crippen molar-refractivity contribution in [3.63, 3.8) is 0 Å². The van der Waals surface area contributed by atoms with E-state index in [2.05, 4.69) is 32.0 Å². The van der Waals surface area contributed by atoms with Crippen LogP contribution in [-0.2, 0) is 6.42 Å². The molecule has 33 heavy (non-hydrogen) atoms. The molecule has 1 saturated heterocycles. The molecule has 172 valence electrons. The fourth-order valence-electron chi connectivity index (χ4n) is 4.35. The Labute approximate surface area is 201 Å². The number of aromatic hydroxyl groups is 1. The molecule has 4 aromatic rings. The Morgan fingerprint density at radius 1 is 1.09 bits per heavy atom. The molecule has 7 nitrogen and oxygen atoms in total. The van der Waals surface area contributed by atoms with Gasteiger partial charge in [-0.2, -0.15) is 4.52 Å². The number of rotatable bonds is 6. The predicted molar refractivity (Wildman–Crippen MR) is 132 cm³/mol. The number of aromatic nitrogens is 3. The van der Waals surface area contributed by atoms with Gasteiger partial charge in [0.2, 0.25) is 10.8 Å². The molecule has 9 heteroatoms. The van der Waals surface area contributed by atoms with Crippen LogP contribution in [0, 0.1) is 0 Å². The first-order valence-corrected chi connectivity index (χ1v) is 12.2. The topological polar surface area (TPSA) is 66.1 Å². The number of halogens is 1. The molecule has 0 radical (unpaired) electrons. The van der Waals surface area contributed by atoms with Crippen molar-refractivity contribution in [2.45, 2.75) is 19.4 Å². The molecule has 1 aliphatic rings. The smallest absolute Gasteiger partial charge is 0.230 e. The number of fused-ring (bicyclic) bond motifs is 1. The number of anilines is 1. The summed E-state index contributed by atoms with van der Waals surface area (Å²) in [6, 6.07) is 15.9. The van der Waals surface area contributed by atoms with Gasteiger partial charge in [0.25, 0.3) is 0 Å². The van der Waals surface area contributed by atoms with Crippen LogP contribution in [0.25, 0.3) is 4.96 Å². The van der Waals surface area contributed by atoms with Crippen LogP contribution in [0.15, 0.2) is 48.5 Å². The van der Waals surface area contributed by atoms with Crippen LogP contribution in [0.3, 0.4) is 0 Å². The van der Waals surface area contributed by atoms with Gasteiger partial charge in [0.05, 0.1) is 18.0 Å². The molecule has 1 atom stereocenters. The third-order valence-corrected chi connectivity index (χ3v) is 7.54. The molecule has 1 aliphatic heterocycles. The Kier molecular flexibility index (Phi) is 6.14. The minimum Gasteiger partial charge on any atom is -0.497 e. The van der Waals surface area contributed by atoms with E-state index in [-0.39, 0.29) is 11.9 Å². The minimum atomic E-state index is -0.171. The molecule has 5 rings (SSSR count). The van der Waals surface area contributed by atoms with E-state index in [0.29, 0.717) is 9.98 Å². The number of piperazine rings is 1. The molecular weight excluding hydrogens is 458 g/mol. The van der Waals surface area contributed by atoms with E-state index in [9.17, 15) is 5.11 Å². The van der Waals surface area contributed by atoms with Gasteiger partial charge in [-0.1, -0.05) is 48.1 Å². The molecule has 0 aliphatic carbocycles. The van der Waals surface area contributed by atoms with Gasteiger partial charge in [-0.3, -0.25) is 4.90 Å². The highest BCUT2D eigenvalue weighted by molar-refractivity contribution is 7.17. The lowest BCUT2D eigenvalue weighted by atomic mass is 10.0. The first kappa shape index (κ1) is 22.0. The number of hydrogen-bond donors (Lipinski definition) is 1. The van der Waals surface area contributed by atoms with E-state index in [1.165, 1.54) is 17.0 Å². The third kappa shape index (κ3) is 4.14. The van der Waals surface area contributed by atoms with Gasteiger partial charge in [-0.15, -0.1) is 5.10 Å². The fraction of sp³-hybridized carbons (Fsp3) is 0.333. The van der Waals surface area contributed by atoms with Crippen LogP contribution in [0.2, 0.25) is 5.02 Å². The maximum Gasteiger partial charge on any atom is 0.230 e. The van der Waals surface area contributed by atoms with Crippen molar-refractivity contribution in [1.82, 2.24) is 19.5 Å². The third-order valence-electron chi connectivity index (χ3n) is 6.12. The first-order chi connectivity index (χ1) is 16.1. The van der Waals surface area contributed by atoms with Gasteiger partial charge >= 0.3 is 0 Å². The summed E-state index contributed by atoms with van der Waals surface area (Å²) in [7, 11) is 1.68. The molecule has 3 heterocycles. The Morgan fingerprint density at radius 2 is 1.82 bits per heavy atom. The molecule has 0 amide bonds. The molecule has 0 saturated carbocycles. The fourth-order valence-corrected chi connectivity index (χ4v) is 5.72. The van der Waals surface area contributed by atoms with E-state index in [1.54, 1.807) is 11.6 Å². The normalized spacial score (nSPS) is 15.8. The van der Waals surface area contributed by atoms with E-state index < -0.39 is 0 Å². The maximum atomic E-state index is 11.1. The number of methoxy groups -OCH3 is 1. The second-order valence-corrected chi connectivity index (χ2v) is 9.43. The zero-order valence-corrected chi connectivity index (χ0v) is 20.2. The van der Waals surface area contributed by atoms with Crippen molar-refractivity contribution < 1.29 is 9.84 Å². The standard InChI is InChI=1S/C24H26ClN5O2S/c1-3-20-26-24-30(27-20)23(31)22(33-24)21(18-6-4-5-7-19(18)25)29-14-12-28(13-15-29)16-8-10-17(32-2)11-9-16/h4-11,21,31H,3,12-15H2,1-2H3/t21-/m1/s1. The summed E-state index contributed by atoms with van der Waals surface area (Å²) in [6.07, 6.45) is 0.727. The Balaban J connectivity index is 1.45. The van der Waals surface area contributed by atoms with Gasteiger partial charge in [0.15, 0.2) is 5.82 Å². The number of thiazole rings is 1. The summed E-state index contributed by atoms with van der Waals surface area (Å²) in [4.78, 5) is 10.8. The number of nitrogens with zero attached hydrogens (tertiary/aromatic N) is 5. The van der Waals surface area contributed by atoms with E-state index in [0.717, 1.165) is 54.6 Å². The summed E-state index contributed by atoms with van der Waals surface area (Å²) >= 11 is 8.13. The van der Waals surface area contributed by atoms with Gasteiger partial charge in [-0.05, 0) is 35.9 Å². The minimum absolute atomic E-state index is 0.143. The molecule has 0 unspecified atom stereocenters. The van der Waals surface area contributed by atoms with E-state index >= 15 is 0 Å². The highest BCUT2D eigenvalue weighted by atomic mass is 35.5. The van der Waals surface area contributed by atoms with Crippen molar-refractivity contribution in [3.05, 3.63) is 69.8 Å². The van der Waals surface area contributed by atoms with Crippen LogP contribution in [0.5, 0.6) is 11.6 Å². The second kappa shape index (κ2) is 9.21. The zero-order valence-electron chi connectivity index (χ0n) is 18.6. The molecule has 0 bridgehead atoms. The SMILES string of the molecule is CCc1nc2sc([C@@H](c3ccccc3Cl)N3CCN(c4ccc(OC)cc4)CC3)c(O)n2n1. The van der Waals surface area contributed by atoms with Crippen LogP contribution in [0.1, 0.15) is 29.2 Å². The molecule has 2 aromatic carbocycles. The Hall–Kier alpha value is -2.81. The largest absolute Gasteiger partial charge is 0.497 e. The van der Waals surface area contributed by atoms with Gasteiger partial charge < -0.3 is 14.7 Å². The van der Waals surface area contributed by atoms with Crippen molar-refractivity contribution in [1.29, 1.82) is 0 Å². The predicted octanol–water partition coefficient (Wildman–Crippen LogP) is 4.63. The number of aryl methyl sites for hydroxylation is 1. The first-order valence-electron chi connectivity index (χ1n) is 11.0. The van der Waals surface area contributed by atoms with Crippen LogP contribution in [0.4, 0.5) is 5.69 Å². The average molecular weight is 484 g/mol. The van der Waals surface area contributed by atoms with Crippen molar-refractivity contribution in [2.75, 3.05) is 38.2 Å². The quantitative estimate of drug-likeness (QED) is 0.431. The summed E-state index contributed by atoms with van der Waals surface area (Å²) in [5.41, 5.74) is 2.16. The molecule has 1 N–H and O–H groups in total. The summed E-state index contributed by atoms with van der Waals surface area (Å²) < 4.78 is 6.84. The summed E-state index contributed by atoms with van der Waals surface area (Å²) in [5.74, 6) is 1.73. The molecular formula is C24H26ClN5O2S. The van der Waals surface area contributed by atoms with Crippen molar-refractivity contribution in [3.8, 4) is 11.6 Å². The van der Waals surface area contributed by atoms with Crippen LogP contribution < -0.4 is 9.64 Å². The molecule has 2 aromatic heterocycles. The lowest BCUT2D eigenvalue weighted by Gasteiger charge is -2.40. The van der Waals surface area contributed by atoms with E-state index in [4.69, 9.17) is 16.3 Å². The number of benzene rings is 2. The lowest BCUT2D eigenvalue weighted by molar-refractivity contribution is 0.211. The van der Waals surface area contributed by atoms with Crippen LogP contribution in [-0.4, -0.2) is 57.9 Å². The number of ether oxygens (including phenoxy) is 1. The van der Waals surface area contributed by atoms with Crippen molar-refractivity contribution in [2.24, 2.45) is 0 Å². The van der Waals surface area contributed by atoms with Crippen molar-refractivity contribution >= 4 is 33.6 Å². The lowest BCUT2D eigenvalue weighted by Crippen LogP contribution is -2.47. The summed E-state index contributed by atoms with van der Waals surface area (Å²) in [6.45, 7) is 5.40. The Morgan fingerprint density at radius 3 is 2.45 bits per heavy atom. The maximum absolute atomic E-state index is 11.1. The van der Waals surface area contributed by atoms with Gasteiger partial charge in [0, 0.05) is 43.3 Å². The van der Waals surface area contributed by atoms with E-state index in [1.807, 2.05) is 43.3 Å². The monoisotopic (exact) mass is 483 g/mol. The van der Waals surface area contributed by atoms with Crippen LogP contribution >= 0.6 is 22.9 Å². The second-order valence-electron chi connectivity index (χ2n) is 8.01. The average Bonchev–Trinajstić information content (AvgIpc) is 3.40. The number of hydrogen-bond acceptors (Lipinski definition) is 7. The highest BCUT2D eigenvalue weighted by Gasteiger charge is 2.33. The Bertz CT molecular complexity index is 1250. The zero-order chi connectivity index (χ0) is 22.9.